The second-order valence-corrected chi connectivity index (χ2v) is 0. The molecule has 0 saturated carbocycles. The van der Waals surface area contributed by atoms with Crippen LogP contribution in [0.25, 0.3) is 0 Å². The maximum Gasteiger partial charge on any atom is 2.00 e. The zero-order valence-electron chi connectivity index (χ0n) is 5.58. The van der Waals surface area contributed by atoms with Gasteiger partial charge in [-0.25, -0.2) is 0 Å². The fraction of sp³-hybridized carbons (Fsp3) is 0. The van der Waals surface area contributed by atoms with E-state index in [1.807, 2.05) is 0 Å². The van der Waals surface area contributed by atoms with Crippen LogP contribution in [0.15, 0.2) is 0 Å². The Balaban J connectivity index is 0. The Hall–Kier alpha value is 4.40. The van der Waals surface area contributed by atoms with Gasteiger partial charge in [-0.3, -0.25) is 0 Å². The summed E-state index contributed by atoms with van der Waals surface area (Å²) >= 11 is 0. The molecule has 0 aliphatic rings. The van der Waals surface area contributed by atoms with Crippen molar-refractivity contribution >= 4 is 0 Å². The van der Waals surface area contributed by atoms with Crippen LogP contribution in [0.5, 0.6) is 0 Å². The van der Waals surface area contributed by atoms with E-state index in [9.17, 15) is 0 Å². The van der Waals surface area contributed by atoms with E-state index in [1.165, 1.54) is 0 Å². The van der Waals surface area contributed by atoms with Crippen LogP contribution in [0.2, 0.25) is 0 Å². The van der Waals surface area contributed by atoms with Gasteiger partial charge in [0.2, 0.25) is 0 Å². The first-order chi connectivity index (χ1) is 0. The van der Waals surface area contributed by atoms with Crippen molar-refractivity contribution in [3.05, 3.63) is 0 Å². The predicted octanol–water partition coefficient (Wildman–Crippen LogP) is -12.3. The molecule has 8 heteroatoms. The molecule has 30 valence electrons. The molecule has 0 aromatic carbocycles. The molecular weight excluding hydrogens is 196 g/mol. The molecule has 0 radical (unpaired) electrons. The molecule has 0 aliphatic heterocycles. The molecule has 0 heterocycles. The number of hydrogen-bond donors (Lipinski definition) is 0. The molecule has 8 heavy (non-hydrogen) atoms. The van der Waals surface area contributed by atoms with Gasteiger partial charge in [0.05, 0.1) is 0 Å². The van der Waals surface area contributed by atoms with E-state index in [-0.39, 0.29) is 152 Å². The van der Waals surface area contributed by atoms with Crippen molar-refractivity contribution in [1.29, 1.82) is 0 Å². The summed E-state index contributed by atoms with van der Waals surface area (Å²) in [5, 5.41) is 0. The molecule has 0 aromatic heterocycles. The molecule has 0 N–H and O–H groups in total. The normalized spacial score (nSPS) is 0. The molecule has 0 amide bonds. The van der Waals surface area contributed by atoms with Crippen molar-refractivity contribution in [2.75, 3.05) is 0 Å². The minimum Gasteiger partial charge on any atom is -2.00 e. The van der Waals surface area contributed by atoms with E-state index >= 15 is 0 Å². The second-order valence-electron chi connectivity index (χ2n) is 0. The zero-order valence-corrected chi connectivity index (χ0v) is 14.7. The standard InChI is InChI=1S/Fe.4Na.3O/q+2;4*+1;3*-2. The molecule has 0 bridgehead atoms. The summed E-state index contributed by atoms with van der Waals surface area (Å²) in [6.07, 6.45) is 0. The zero-order chi connectivity index (χ0) is 0. The van der Waals surface area contributed by atoms with Crippen molar-refractivity contribution < 1.29 is 152 Å². The van der Waals surface area contributed by atoms with Crippen LogP contribution in [-0.4, -0.2) is 0 Å². The van der Waals surface area contributed by atoms with Crippen molar-refractivity contribution in [2.45, 2.75) is 0 Å². The number of hydrogen-bond acceptors (Lipinski definition) is 0. The molecule has 0 aromatic rings. The average molecular weight is 196 g/mol. The smallest absolute Gasteiger partial charge is 2.00 e. The largest absolute Gasteiger partial charge is 2.00 e. The van der Waals surface area contributed by atoms with E-state index in [1.54, 1.807) is 0 Å². The quantitative estimate of drug-likeness (QED) is 0.344. The van der Waals surface area contributed by atoms with Gasteiger partial charge in [0.1, 0.15) is 0 Å². The maximum absolute atomic E-state index is 0. The fourth-order valence-electron chi connectivity index (χ4n) is 0. The summed E-state index contributed by atoms with van der Waals surface area (Å²) < 4.78 is 0. The van der Waals surface area contributed by atoms with E-state index in [0.717, 1.165) is 0 Å². The molecular formula is FeNa4O3. The Bertz CT molecular complexity index is 11.2. The third-order valence-electron chi connectivity index (χ3n) is 0. The van der Waals surface area contributed by atoms with E-state index in [2.05, 4.69) is 0 Å². The summed E-state index contributed by atoms with van der Waals surface area (Å²) in [6, 6.07) is 0. The monoisotopic (exact) mass is 196 g/mol. The Morgan fingerprint density at radius 2 is 0.375 bits per heavy atom. The maximum atomic E-state index is 0. The molecule has 0 saturated heterocycles. The summed E-state index contributed by atoms with van der Waals surface area (Å²) in [6.45, 7) is 0. The summed E-state index contributed by atoms with van der Waals surface area (Å²) in [5.41, 5.74) is 0. The molecule has 0 unspecified atom stereocenters. The predicted molar refractivity (Wildman–Crippen MR) is 2.06 cm³/mol. The van der Waals surface area contributed by atoms with Crippen molar-refractivity contribution in [2.24, 2.45) is 0 Å². The van der Waals surface area contributed by atoms with Gasteiger partial charge in [0.25, 0.3) is 0 Å². The van der Waals surface area contributed by atoms with Gasteiger partial charge < -0.3 is 16.4 Å². The van der Waals surface area contributed by atoms with Gasteiger partial charge in [-0.05, 0) is 0 Å². The third kappa shape index (κ3) is 47.5. The molecule has 0 aliphatic carbocycles. The topological polar surface area (TPSA) is 85.5 Å². The summed E-state index contributed by atoms with van der Waals surface area (Å²) in [5.74, 6) is 0. The summed E-state index contributed by atoms with van der Waals surface area (Å²) in [7, 11) is 0. The minimum absolute atomic E-state index is 0. The molecule has 0 atom stereocenters. The van der Waals surface area contributed by atoms with Crippen molar-refractivity contribution in [3.8, 4) is 0 Å². The van der Waals surface area contributed by atoms with Crippen LogP contribution >= 0.6 is 0 Å². The molecule has 0 fully saturated rings. The van der Waals surface area contributed by atoms with Crippen LogP contribution < -0.4 is 118 Å². The van der Waals surface area contributed by atoms with Gasteiger partial charge >= 0.3 is 135 Å². The van der Waals surface area contributed by atoms with Crippen LogP contribution in [0.3, 0.4) is 0 Å². The van der Waals surface area contributed by atoms with Gasteiger partial charge in [-0.15, -0.1) is 0 Å². The van der Waals surface area contributed by atoms with Gasteiger partial charge in [-0.2, -0.15) is 0 Å². The molecule has 3 nitrogen and oxygen atoms in total. The van der Waals surface area contributed by atoms with E-state index in [4.69, 9.17) is 0 Å². The first-order valence-corrected chi connectivity index (χ1v) is 0. The van der Waals surface area contributed by atoms with Crippen LogP contribution in [0.4, 0.5) is 0 Å². The SMILES string of the molecule is [Fe+2].[Na+].[Na+].[Na+].[Na+].[O-2].[O-2].[O-2]. The fourth-order valence-corrected chi connectivity index (χ4v) is 0. The van der Waals surface area contributed by atoms with Crippen molar-refractivity contribution in [1.82, 2.24) is 0 Å². The van der Waals surface area contributed by atoms with Crippen LogP contribution in [0.1, 0.15) is 0 Å². The average Bonchev–Trinajstić information content (AvgIpc) is 0. The van der Waals surface area contributed by atoms with Crippen molar-refractivity contribution in [3.63, 3.8) is 0 Å². The van der Waals surface area contributed by atoms with Gasteiger partial charge in [0, 0.05) is 0 Å². The van der Waals surface area contributed by atoms with E-state index < -0.39 is 0 Å². The first-order valence-electron chi connectivity index (χ1n) is 0. The van der Waals surface area contributed by atoms with Gasteiger partial charge in [-0.1, -0.05) is 0 Å². The van der Waals surface area contributed by atoms with Crippen LogP contribution in [-0.2, 0) is 33.5 Å². The Kier molecular flexibility index (Phi) is 663. The second kappa shape index (κ2) is 63.7. The number of rotatable bonds is 0. The Labute approximate surface area is 148 Å². The van der Waals surface area contributed by atoms with Gasteiger partial charge in [0.15, 0.2) is 0 Å². The first kappa shape index (κ1) is 83.2. The Morgan fingerprint density at radius 1 is 0.375 bits per heavy atom. The summed E-state index contributed by atoms with van der Waals surface area (Å²) in [4.78, 5) is 0. The van der Waals surface area contributed by atoms with Crippen LogP contribution in [0, 0.1) is 0 Å². The minimum atomic E-state index is 0. The molecule has 0 spiro atoms. The third-order valence-corrected chi connectivity index (χ3v) is 0. The molecule has 0 rings (SSSR count). The Morgan fingerprint density at radius 3 is 0.375 bits per heavy atom. The van der Waals surface area contributed by atoms with E-state index in [0.29, 0.717) is 0 Å².